The predicted molar refractivity (Wildman–Crippen MR) is 98.5 cm³/mol. The van der Waals surface area contributed by atoms with E-state index in [-0.39, 0.29) is 5.75 Å². The third-order valence-electron chi connectivity index (χ3n) is 3.80. The summed E-state index contributed by atoms with van der Waals surface area (Å²) in [6.45, 7) is 3.84. The van der Waals surface area contributed by atoms with Gasteiger partial charge in [-0.05, 0) is 35.8 Å². The number of nitrogens with one attached hydrogen (secondary N) is 1. The van der Waals surface area contributed by atoms with Gasteiger partial charge in [-0.3, -0.25) is 9.19 Å². The van der Waals surface area contributed by atoms with E-state index in [1.165, 1.54) is 7.11 Å². The minimum absolute atomic E-state index is 0.237. The monoisotopic (exact) mass is 424 g/mol. The largest absolute Gasteiger partial charge is 0.496 e. The van der Waals surface area contributed by atoms with E-state index in [4.69, 9.17) is 9.47 Å². The first-order valence-electron chi connectivity index (χ1n) is 7.42. The average Bonchev–Trinajstić information content (AvgIpc) is 3.00. The second-order valence-electron chi connectivity index (χ2n) is 5.43. The molecule has 3 aromatic rings. The van der Waals surface area contributed by atoms with Crippen molar-refractivity contribution in [2.45, 2.75) is 24.8 Å². The van der Waals surface area contributed by atoms with Crippen molar-refractivity contribution in [2.24, 2.45) is 0 Å². The lowest BCUT2D eigenvalue weighted by Gasteiger charge is -2.11. The molecule has 0 amide bonds. The fourth-order valence-electron chi connectivity index (χ4n) is 2.54. The van der Waals surface area contributed by atoms with Crippen molar-refractivity contribution in [2.75, 3.05) is 14.2 Å². The molecule has 132 valence electrons. The number of aromatic amines is 1. The number of rotatable bonds is 5. The van der Waals surface area contributed by atoms with E-state index in [2.05, 4.69) is 35.9 Å². The van der Waals surface area contributed by atoms with Gasteiger partial charge in [0.25, 0.3) is 0 Å². The number of H-pyrrole nitrogens is 1. The first-order chi connectivity index (χ1) is 11.9. The van der Waals surface area contributed by atoms with Crippen LogP contribution in [0, 0.1) is 13.8 Å². The van der Waals surface area contributed by atoms with Crippen LogP contribution in [0.4, 0.5) is 0 Å². The third-order valence-corrected chi connectivity index (χ3v) is 5.53. The molecule has 0 saturated heterocycles. The Kier molecular flexibility index (Phi) is 5.05. The van der Waals surface area contributed by atoms with E-state index >= 15 is 0 Å². The van der Waals surface area contributed by atoms with E-state index in [0.717, 1.165) is 16.9 Å². The van der Waals surface area contributed by atoms with Crippen LogP contribution < -0.4 is 9.47 Å². The minimum Gasteiger partial charge on any atom is -0.496 e. The van der Waals surface area contributed by atoms with E-state index in [1.54, 1.807) is 19.4 Å². The number of aromatic nitrogens is 4. The lowest BCUT2D eigenvalue weighted by Crippen LogP contribution is -2.05. The van der Waals surface area contributed by atoms with Crippen molar-refractivity contribution in [3.8, 4) is 11.6 Å². The molecule has 1 unspecified atom stereocenters. The van der Waals surface area contributed by atoms with Crippen molar-refractivity contribution in [3.63, 3.8) is 0 Å². The van der Waals surface area contributed by atoms with E-state index < -0.39 is 10.8 Å². The summed E-state index contributed by atoms with van der Waals surface area (Å²) in [7, 11) is 1.76. The van der Waals surface area contributed by atoms with Crippen molar-refractivity contribution < 1.29 is 13.7 Å². The number of fused-ring (bicyclic) bond motifs is 1. The maximum atomic E-state index is 12.7. The smallest absolute Gasteiger partial charge is 0.229 e. The van der Waals surface area contributed by atoms with Gasteiger partial charge >= 0.3 is 0 Å². The summed E-state index contributed by atoms with van der Waals surface area (Å²) >= 11 is 3.37. The Morgan fingerprint density at radius 3 is 2.68 bits per heavy atom. The molecule has 0 radical (unpaired) electrons. The Morgan fingerprint density at radius 1 is 1.24 bits per heavy atom. The number of aryl methyl sites for hydroxylation is 1. The molecular formula is C16H17BrN4O3S. The van der Waals surface area contributed by atoms with Crippen molar-refractivity contribution >= 4 is 37.9 Å². The van der Waals surface area contributed by atoms with Gasteiger partial charge in [0.1, 0.15) is 5.75 Å². The Bertz CT molecular complexity index is 974. The number of methoxy groups -OCH3 is 2. The Hall–Kier alpha value is -2.00. The molecule has 0 aliphatic heterocycles. The van der Waals surface area contributed by atoms with Gasteiger partial charge in [0.05, 0.1) is 46.5 Å². The quantitative estimate of drug-likeness (QED) is 0.676. The molecule has 25 heavy (non-hydrogen) atoms. The molecule has 0 fully saturated rings. The number of halogens is 1. The Labute approximate surface area is 155 Å². The summed E-state index contributed by atoms with van der Waals surface area (Å²) in [6.07, 6.45) is 1.72. The number of ether oxygens (including phenoxy) is 2. The summed E-state index contributed by atoms with van der Waals surface area (Å²) in [5.74, 6) is 1.43. The molecule has 1 atom stereocenters. The number of imidazole rings is 1. The molecule has 1 N–H and O–H groups in total. The SMILES string of the molecule is COc1nc2nc(S(=O)Cc3ncc(C)c(OC)c3C)[nH]c2cc1Br. The summed E-state index contributed by atoms with van der Waals surface area (Å²) < 4.78 is 24.0. The van der Waals surface area contributed by atoms with Crippen molar-refractivity contribution in [1.29, 1.82) is 0 Å². The van der Waals surface area contributed by atoms with E-state index in [1.807, 2.05) is 13.8 Å². The highest BCUT2D eigenvalue weighted by molar-refractivity contribution is 9.10. The van der Waals surface area contributed by atoms with Crippen LogP contribution in [0.2, 0.25) is 0 Å². The number of hydrogen-bond acceptors (Lipinski definition) is 6. The predicted octanol–water partition coefficient (Wildman–Crippen LogP) is 3.06. The van der Waals surface area contributed by atoms with Gasteiger partial charge in [0.15, 0.2) is 10.8 Å². The molecule has 0 saturated carbocycles. The first kappa shape index (κ1) is 17.8. The van der Waals surface area contributed by atoms with Gasteiger partial charge < -0.3 is 14.5 Å². The van der Waals surface area contributed by atoms with Gasteiger partial charge in [-0.15, -0.1) is 0 Å². The molecule has 3 heterocycles. The van der Waals surface area contributed by atoms with Gasteiger partial charge in [-0.2, -0.15) is 4.98 Å². The molecule has 0 aromatic carbocycles. The fourth-order valence-corrected chi connectivity index (χ4v) is 4.11. The zero-order valence-corrected chi connectivity index (χ0v) is 16.6. The highest BCUT2D eigenvalue weighted by Gasteiger charge is 2.17. The molecule has 7 nitrogen and oxygen atoms in total. The standard InChI is InChI=1S/C16H17BrN4O3S/c1-8-6-18-12(9(2)13(8)23-3)7-25(22)16-19-11-5-10(17)15(24-4)20-14(11)21-16/h5-6H,7H2,1-4H3,(H,19,20,21). The van der Waals surface area contributed by atoms with Crippen LogP contribution in [0.5, 0.6) is 11.6 Å². The van der Waals surface area contributed by atoms with Crippen LogP contribution in [0.15, 0.2) is 21.9 Å². The van der Waals surface area contributed by atoms with Crippen LogP contribution in [0.25, 0.3) is 11.2 Å². The fraction of sp³-hybridized carbons (Fsp3) is 0.312. The highest BCUT2D eigenvalue weighted by Crippen LogP contribution is 2.28. The van der Waals surface area contributed by atoms with Crippen LogP contribution in [-0.2, 0) is 16.6 Å². The van der Waals surface area contributed by atoms with E-state index in [9.17, 15) is 4.21 Å². The van der Waals surface area contributed by atoms with Crippen LogP contribution in [0.3, 0.4) is 0 Å². The Balaban J connectivity index is 1.93. The third kappa shape index (κ3) is 3.38. The van der Waals surface area contributed by atoms with Gasteiger partial charge in [-0.25, -0.2) is 4.98 Å². The number of pyridine rings is 2. The topological polar surface area (TPSA) is 90.0 Å². The number of nitrogens with zero attached hydrogens (tertiary/aromatic N) is 3. The molecule has 0 spiro atoms. The lowest BCUT2D eigenvalue weighted by molar-refractivity contribution is 0.396. The molecule has 9 heteroatoms. The summed E-state index contributed by atoms with van der Waals surface area (Å²) in [5, 5.41) is 0.350. The maximum absolute atomic E-state index is 12.7. The molecule has 0 aliphatic carbocycles. The zero-order chi connectivity index (χ0) is 18.1. The summed E-state index contributed by atoms with van der Waals surface area (Å²) in [6, 6.07) is 1.80. The molecule has 3 aromatic heterocycles. The number of hydrogen-bond donors (Lipinski definition) is 1. The van der Waals surface area contributed by atoms with E-state index in [0.29, 0.717) is 32.4 Å². The lowest BCUT2D eigenvalue weighted by atomic mass is 10.1. The van der Waals surface area contributed by atoms with Gasteiger partial charge in [-0.1, -0.05) is 0 Å². The summed E-state index contributed by atoms with van der Waals surface area (Å²) in [5.41, 5.74) is 3.68. The normalized spacial score (nSPS) is 12.4. The van der Waals surface area contributed by atoms with Crippen molar-refractivity contribution in [1.82, 2.24) is 19.9 Å². The van der Waals surface area contributed by atoms with Crippen LogP contribution in [-0.4, -0.2) is 38.4 Å². The molecule has 3 rings (SSSR count). The Morgan fingerprint density at radius 2 is 2.00 bits per heavy atom. The van der Waals surface area contributed by atoms with Gasteiger partial charge in [0, 0.05) is 17.3 Å². The summed E-state index contributed by atoms with van der Waals surface area (Å²) in [4.78, 5) is 16.0. The zero-order valence-electron chi connectivity index (χ0n) is 14.2. The molecule has 0 aliphatic rings. The molecular weight excluding hydrogens is 408 g/mol. The minimum atomic E-state index is -1.39. The first-order valence-corrected chi connectivity index (χ1v) is 9.53. The average molecular weight is 425 g/mol. The van der Waals surface area contributed by atoms with Gasteiger partial charge in [0.2, 0.25) is 5.88 Å². The maximum Gasteiger partial charge on any atom is 0.229 e. The molecule has 0 bridgehead atoms. The second-order valence-corrected chi connectivity index (χ2v) is 7.65. The second kappa shape index (κ2) is 7.09. The van der Waals surface area contributed by atoms with Crippen LogP contribution in [0.1, 0.15) is 16.8 Å². The van der Waals surface area contributed by atoms with Crippen LogP contribution >= 0.6 is 15.9 Å². The highest BCUT2D eigenvalue weighted by atomic mass is 79.9. The van der Waals surface area contributed by atoms with Crippen molar-refractivity contribution in [3.05, 3.63) is 33.6 Å².